The van der Waals surface area contributed by atoms with Crippen LogP contribution in [0.3, 0.4) is 0 Å². The van der Waals surface area contributed by atoms with Crippen molar-refractivity contribution >= 4 is 56.3 Å². The van der Waals surface area contributed by atoms with Gasteiger partial charge in [-0.25, -0.2) is 4.98 Å². The molecule has 3 heterocycles. The Hall–Kier alpha value is -3.57. The molecule has 4 amide bonds. The lowest BCUT2D eigenvalue weighted by Crippen LogP contribution is -2.21. The van der Waals surface area contributed by atoms with E-state index in [2.05, 4.69) is 15.6 Å². The summed E-state index contributed by atoms with van der Waals surface area (Å²) in [5.41, 5.74) is 12.7. The fourth-order valence-corrected chi connectivity index (χ4v) is 5.17. The highest BCUT2D eigenvalue weighted by atomic mass is 32.1. The van der Waals surface area contributed by atoms with Crippen LogP contribution in [0.4, 0.5) is 10.0 Å². The van der Waals surface area contributed by atoms with Gasteiger partial charge in [0.25, 0.3) is 23.6 Å². The summed E-state index contributed by atoms with van der Waals surface area (Å²) in [6.45, 7) is 7.14. The molecule has 3 rings (SSSR count). The molecule has 0 bridgehead atoms. The van der Waals surface area contributed by atoms with E-state index in [9.17, 15) is 19.2 Å². The monoisotopic (exact) mass is 471 g/mol. The Kier molecular flexibility index (Phi) is 6.42. The lowest BCUT2D eigenvalue weighted by atomic mass is 10.1. The van der Waals surface area contributed by atoms with Crippen LogP contribution < -0.4 is 22.1 Å². The van der Waals surface area contributed by atoms with Crippen LogP contribution in [0.25, 0.3) is 0 Å². The standard InChI is InChI=1S/C21H21N5O4S2/c1-8-10(3)31-20(14(8)16(22)27)25-18(29)12-6-5-7-13(24-12)19(30)26-21-15(17(23)28)9(2)11(4)32-21/h5-7H,1-4H3,(H2,22,27)(H2,23,28)(H,25,29)(H,26,30). The Bertz CT molecular complexity index is 1180. The van der Waals surface area contributed by atoms with E-state index in [1.54, 1.807) is 13.8 Å². The molecule has 3 aromatic heterocycles. The molecule has 0 aliphatic rings. The molecule has 0 aromatic carbocycles. The Labute approximate surface area is 191 Å². The van der Waals surface area contributed by atoms with Crippen molar-refractivity contribution in [3.05, 3.63) is 61.6 Å². The van der Waals surface area contributed by atoms with Crippen molar-refractivity contribution in [1.82, 2.24) is 4.98 Å². The molecule has 0 aliphatic carbocycles. The van der Waals surface area contributed by atoms with Crippen LogP contribution in [0, 0.1) is 27.7 Å². The number of aromatic nitrogens is 1. The van der Waals surface area contributed by atoms with E-state index >= 15 is 0 Å². The van der Waals surface area contributed by atoms with E-state index in [-0.39, 0.29) is 22.5 Å². The number of pyridine rings is 1. The predicted octanol–water partition coefficient (Wildman–Crippen LogP) is 3.14. The first-order chi connectivity index (χ1) is 15.0. The van der Waals surface area contributed by atoms with Gasteiger partial charge in [0.05, 0.1) is 11.1 Å². The lowest BCUT2D eigenvalue weighted by molar-refractivity contribution is 0.0990. The van der Waals surface area contributed by atoms with E-state index in [1.807, 2.05) is 13.8 Å². The fourth-order valence-electron chi connectivity index (χ4n) is 3.05. The van der Waals surface area contributed by atoms with E-state index in [0.717, 1.165) is 9.75 Å². The zero-order valence-electron chi connectivity index (χ0n) is 17.8. The quantitative estimate of drug-likeness (QED) is 0.434. The number of aryl methyl sites for hydroxylation is 2. The maximum Gasteiger partial charge on any atom is 0.274 e. The summed E-state index contributed by atoms with van der Waals surface area (Å²) in [6.07, 6.45) is 0. The van der Waals surface area contributed by atoms with Crippen molar-refractivity contribution in [1.29, 1.82) is 0 Å². The van der Waals surface area contributed by atoms with Crippen LogP contribution in [-0.4, -0.2) is 28.6 Å². The first kappa shape index (κ1) is 23.1. The van der Waals surface area contributed by atoms with E-state index in [1.165, 1.54) is 40.9 Å². The molecule has 3 aromatic rings. The number of primary amides is 2. The maximum absolute atomic E-state index is 12.7. The van der Waals surface area contributed by atoms with Gasteiger partial charge >= 0.3 is 0 Å². The van der Waals surface area contributed by atoms with Crippen molar-refractivity contribution in [2.75, 3.05) is 10.6 Å². The molecule has 0 aliphatic heterocycles. The number of rotatable bonds is 6. The average molecular weight is 472 g/mol. The Morgan fingerprint density at radius 3 is 1.47 bits per heavy atom. The minimum atomic E-state index is -0.643. The van der Waals surface area contributed by atoms with Crippen LogP contribution in [0.2, 0.25) is 0 Å². The van der Waals surface area contributed by atoms with E-state index in [0.29, 0.717) is 21.1 Å². The summed E-state index contributed by atoms with van der Waals surface area (Å²) in [4.78, 5) is 54.8. The van der Waals surface area contributed by atoms with Gasteiger partial charge in [0.15, 0.2) is 0 Å². The van der Waals surface area contributed by atoms with Gasteiger partial charge in [0.1, 0.15) is 21.4 Å². The fraction of sp³-hybridized carbons (Fsp3) is 0.190. The van der Waals surface area contributed by atoms with E-state index in [4.69, 9.17) is 11.5 Å². The lowest BCUT2D eigenvalue weighted by Gasteiger charge is -2.07. The molecular weight excluding hydrogens is 450 g/mol. The van der Waals surface area contributed by atoms with Crippen LogP contribution in [0.5, 0.6) is 0 Å². The zero-order valence-corrected chi connectivity index (χ0v) is 19.4. The molecule has 0 unspecified atom stereocenters. The number of amides is 4. The number of anilines is 2. The second-order valence-electron chi connectivity index (χ2n) is 7.02. The number of thiophene rings is 2. The first-order valence-corrected chi connectivity index (χ1v) is 11.0. The second-order valence-corrected chi connectivity index (χ2v) is 9.47. The molecule has 32 heavy (non-hydrogen) atoms. The molecule has 6 N–H and O–H groups in total. The van der Waals surface area contributed by atoms with Gasteiger partial charge in [-0.1, -0.05) is 6.07 Å². The summed E-state index contributed by atoms with van der Waals surface area (Å²) in [5.74, 6) is -2.47. The highest BCUT2D eigenvalue weighted by Crippen LogP contribution is 2.33. The smallest absolute Gasteiger partial charge is 0.274 e. The van der Waals surface area contributed by atoms with Crippen LogP contribution >= 0.6 is 22.7 Å². The summed E-state index contributed by atoms with van der Waals surface area (Å²) >= 11 is 2.46. The SMILES string of the molecule is Cc1sc(NC(=O)c2cccc(C(=O)Nc3sc(C)c(C)c3C(N)=O)n2)c(C(N)=O)c1C. The van der Waals surface area contributed by atoms with Crippen LogP contribution in [0.15, 0.2) is 18.2 Å². The highest BCUT2D eigenvalue weighted by Gasteiger charge is 2.22. The van der Waals surface area contributed by atoms with Gasteiger partial charge in [-0.05, 0) is 51.0 Å². The third-order valence-corrected chi connectivity index (χ3v) is 7.18. The highest BCUT2D eigenvalue weighted by molar-refractivity contribution is 7.17. The summed E-state index contributed by atoms with van der Waals surface area (Å²) in [6, 6.07) is 4.39. The summed E-state index contributed by atoms with van der Waals surface area (Å²) in [5, 5.41) is 5.94. The number of carbonyl (C=O) groups is 4. The van der Waals surface area contributed by atoms with E-state index < -0.39 is 23.6 Å². The van der Waals surface area contributed by atoms with Crippen LogP contribution in [0.1, 0.15) is 62.6 Å². The number of hydrogen-bond acceptors (Lipinski definition) is 7. The van der Waals surface area contributed by atoms with Gasteiger partial charge in [-0.15, -0.1) is 22.7 Å². The van der Waals surface area contributed by atoms with Crippen molar-refractivity contribution < 1.29 is 19.2 Å². The van der Waals surface area contributed by atoms with Gasteiger partial charge < -0.3 is 22.1 Å². The second kappa shape index (κ2) is 8.89. The van der Waals surface area contributed by atoms with Gasteiger partial charge in [-0.2, -0.15) is 0 Å². The summed E-state index contributed by atoms with van der Waals surface area (Å²) < 4.78 is 0. The number of nitrogens with two attached hydrogens (primary N) is 2. The molecule has 0 atom stereocenters. The normalized spacial score (nSPS) is 10.6. The Balaban J connectivity index is 1.85. The minimum absolute atomic E-state index is 0.0227. The molecule has 166 valence electrons. The van der Waals surface area contributed by atoms with Gasteiger partial charge in [0.2, 0.25) is 0 Å². The minimum Gasteiger partial charge on any atom is -0.365 e. The van der Waals surface area contributed by atoms with Crippen molar-refractivity contribution in [2.24, 2.45) is 11.5 Å². The molecule has 0 fully saturated rings. The largest absolute Gasteiger partial charge is 0.365 e. The molecular formula is C21H21N5O4S2. The number of nitrogens with one attached hydrogen (secondary N) is 2. The third-order valence-electron chi connectivity index (χ3n) is 4.93. The van der Waals surface area contributed by atoms with Gasteiger partial charge in [0, 0.05) is 9.75 Å². The molecule has 0 saturated heterocycles. The molecule has 0 radical (unpaired) electrons. The van der Waals surface area contributed by atoms with Crippen molar-refractivity contribution in [3.63, 3.8) is 0 Å². The maximum atomic E-state index is 12.7. The predicted molar refractivity (Wildman–Crippen MR) is 125 cm³/mol. The first-order valence-electron chi connectivity index (χ1n) is 9.40. The third kappa shape index (κ3) is 4.39. The Morgan fingerprint density at radius 2 is 1.12 bits per heavy atom. The Morgan fingerprint density at radius 1 is 0.750 bits per heavy atom. The van der Waals surface area contributed by atoms with Crippen LogP contribution in [-0.2, 0) is 0 Å². The number of nitrogens with zero attached hydrogens (tertiary/aromatic N) is 1. The topological polar surface area (TPSA) is 157 Å². The number of hydrogen-bond donors (Lipinski definition) is 4. The van der Waals surface area contributed by atoms with Crippen molar-refractivity contribution in [3.8, 4) is 0 Å². The molecule has 11 heteroatoms. The summed E-state index contributed by atoms with van der Waals surface area (Å²) in [7, 11) is 0. The number of carbonyl (C=O) groups excluding carboxylic acids is 4. The zero-order chi connectivity index (χ0) is 23.7. The molecule has 9 nitrogen and oxygen atoms in total. The van der Waals surface area contributed by atoms with Crippen molar-refractivity contribution in [2.45, 2.75) is 27.7 Å². The van der Waals surface area contributed by atoms with Gasteiger partial charge in [-0.3, -0.25) is 19.2 Å². The average Bonchev–Trinajstić information content (AvgIpc) is 3.16. The molecule has 0 spiro atoms. The molecule has 0 saturated carbocycles.